The molecule has 1 fully saturated rings. The first-order valence-electron chi connectivity index (χ1n) is 6.32. The molecule has 2 atom stereocenters. The Bertz CT molecular complexity index is 389. The van der Waals surface area contributed by atoms with Crippen LogP contribution in [0.5, 0.6) is 0 Å². The average molecular weight is 235 g/mol. The van der Waals surface area contributed by atoms with E-state index in [0.29, 0.717) is 18.4 Å². The molecule has 2 heterocycles. The van der Waals surface area contributed by atoms with Gasteiger partial charge in [-0.3, -0.25) is 9.48 Å². The summed E-state index contributed by atoms with van der Waals surface area (Å²) < 4.78 is 1.77. The summed E-state index contributed by atoms with van der Waals surface area (Å²) in [6.07, 6.45) is 2.97. The first-order valence-corrected chi connectivity index (χ1v) is 6.32. The number of carbonyl (C=O) groups excluding carboxylic acids is 1. The molecule has 1 aliphatic rings. The van der Waals surface area contributed by atoms with Crippen molar-refractivity contribution in [1.82, 2.24) is 14.7 Å². The maximum Gasteiger partial charge on any atom is 0.244 e. The first-order chi connectivity index (χ1) is 8.06. The molecule has 0 aromatic carbocycles. The van der Waals surface area contributed by atoms with Gasteiger partial charge in [0.25, 0.3) is 0 Å². The molecule has 1 amide bonds. The highest BCUT2D eigenvalue weighted by molar-refractivity contribution is 5.76. The van der Waals surface area contributed by atoms with Gasteiger partial charge in [-0.25, -0.2) is 0 Å². The second kappa shape index (κ2) is 4.90. The van der Waals surface area contributed by atoms with E-state index in [9.17, 15) is 4.79 Å². The molecule has 94 valence electrons. The van der Waals surface area contributed by atoms with Crippen molar-refractivity contribution in [3.05, 3.63) is 18.0 Å². The molecule has 0 bridgehead atoms. The smallest absolute Gasteiger partial charge is 0.244 e. The van der Waals surface area contributed by atoms with E-state index in [1.54, 1.807) is 10.9 Å². The summed E-state index contributed by atoms with van der Waals surface area (Å²) >= 11 is 0. The van der Waals surface area contributed by atoms with Crippen LogP contribution in [0.2, 0.25) is 0 Å². The number of hydrogen-bond acceptors (Lipinski definition) is 2. The summed E-state index contributed by atoms with van der Waals surface area (Å²) in [4.78, 5) is 14.2. The Labute approximate surface area is 103 Å². The van der Waals surface area contributed by atoms with Gasteiger partial charge in [0.2, 0.25) is 5.91 Å². The van der Waals surface area contributed by atoms with Crippen LogP contribution in [-0.4, -0.2) is 33.7 Å². The number of aryl methyl sites for hydroxylation is 1. The number of aromatic nitrogens is 2. The van der Waals surface area contributed by atoms with Gasteiger partial charge < -0.3 is 4.90 Å². The highest BCUT2D eigenvalue weighted by Gasteiger charge is 2.25. The zero-order valence-electron chi connectivity index (χ0n) is 10.9. The number of hydrogen-bond donors (Lipinski definition) is 0. The monoisotopic (exact) mass is 235 g/mol. The third kappa shape index (κ3) is 2.87. The maximum atomic E-state index is 12.2. The van der Waals surface area contributed by atoms with Crippen molar-refractivity contribution in [3.63, 3.8) is 0 Å². The SMILES string of the molecule is Cc1ccnn1CC(=O)N1C[C@@H](C)C[C@H](C)C1. The lowest BCUT2D eigenvalue weighted by molar-refractivity contribution is -0.134. The summed E-state index contributed by atoms with van der Waals surface area (Å²) in [5.41, 5.74) is 1.04. The summed E-state index contributed by atoms with van der Waals surface area (Å²) in [6.45, 7) is 8.57. The fourth-order valence-corrected chi connectivity index (χ4v) is 2.66. The molecule has 0 aliphatic carbocycles. The molecule has 1 aromatic heterocycles. The average Bonchev–Trinajstić information content (AvgIpc) is 2.63. The molecule has 1 saturated heterocycles. The van der Waals surface area contributed by atoms with Gasteiger partial charge in [0.1, 0.15) is 6.54 Å². The van der Waals surface area contributed by atoms with E-state index < -0.39 is 0 Å². The third-order valence-electron chi connectivity index (χ3n) is 3.44. The van der Waals surface area contributed by atoms with Crippen molar-refractivity contribution >= 4 is 5.91 Å². The Hall–Kier alpha value is -1.32. The maximum absolute atomic E-state index is 12.2. The van der Waals surface area contributed by atoms with E-state index in [0.717, 1.165) is 18.8 Å². The second-order valence-electron chi connectivity index (χ2n) is 5.38. The highest BCUT2D eigenvalue weighted by Crippen LogP contribution is 2.21. The zero-order valence-corrected chi connectivity index (χ0v) is 10.9. The first kappa shape index (κ1) is 12.1. The summed E-state index contributed by atoms with van der Waals surface area (Å²) in [6, 6.07) is 1.93. The van der Waals surface area contributed by atoms with Crippen LogP contribution in [0, 0.1) is 18.8 Å². The summed E-state index contributed by atoms with van der Waals surface area (Å²) in [7, 11) is 0. The zero-order chi connectivity index (χ0) is 12.4. The molecule has 1 aliphatic heterocycles. The molecular weight excluding hydrogens is 214 g/mol. The van der Waals surface area contributed by atoms with Gasteiger partial charge in [0.15, 0.2) is 0 Å². The molecule has 0 unspecified atom stereocenters. The van der Waals surface area contributed by atoms with Gasteiger partial charge in [0.05, 0.1) is 0 Å². The largest absolute Gasteiger partial charge is 0.341 e. The number of carbonyl (C=O) groups is 1. The number of nitrogens with zero attached hydrogens (tertiary/aromatic N) is 3. The topological polar surface area (TPSA) is 38.1 Å². The van der Waals surface area contributed by atoms with Crippen molar-refractivity contribution in [2.45, 2.75) is 33.7 Å². The van der Waals surface area contributed by atoms with Gasteiger partial charge in [-0.1, -0.05) is 13.8 Å². The normalized spacial score (nSPS) is 25.0. The van der Waals surface area contributed by atoms with E-state index >= 15 is 0 Å². The van der Waals surface area contributed by atoms with E-state index in [2.05, 4.69) is 18.9 Å². The Balaban J connectivity index is 1.98. The van der Waals surface area contributed by atoms with Crippen LogP contribution in [0.3, 0.4) is 0 Å². The Kier molecular flexibility index (Phi) is 3.50. The fourth-order valence-electron chi connectivity index (χ4n) is 2.66. The Morgan fingerprint density at radius 1 is 1.41 bits per heavy atom. The van der Waals surface area contributed by atoms with Gasteiger partial charge in [-0.05, 0) is 31.2 Å². The predicted octanol–water partition coefficient (Wildman–Crippen LogP) is 1.70. The fraction of sp³-hybridized carbons (Fsp3) is 0.692. The number of likely N-dealkylation sites (tertiary alicyclic amines) is 1. The van der Waals surface area contributed by atoms with Gasteiger partial charge in [-0.2, -0.15) is 5.10 Å². The molecule has 17 heavy (non-hydrogen) atoms. The van der Waals surface area contributed by atoms with Crippen molar-refractivity contribution < 1.29 is 4.79 Å². The van der Waals surface area contributed by atoms with E-state index in [1.165, 1.54) is 6.42 Å². The molecular formula is C13H21N3O. The summed E-state index contributed by atoms with van der Waals surface area (Å²) in [5.74, 6) is 1.41. The van der Waals surface area contributed by atoms with Crippen LogP contribution in [0.25, 0.3) is 0 Å². The minimum atomic E-state index is 0.190. The second-order valence-corrected chi connectivity index (χ2v) is 5.38. The standard InChI is InChI=1S/C13H21N3O/c1-10-6-11(2)8-15(7-10)13(17)9-16-12(3)4-5-14-16/h4-5,10-11H,6-9H2,1-3H3/t10-,11-/m0/s1. The molecule has 0 radical (unpaired) electrons. The molecule has 1 aromatic rings. The highest BCUT2D eigenvalue weighted by atomic mass is 16.2. The van der Waals surface area contributed by atoms with Gasteiger partial charge >= 0.3 is 0 Å². The van der Waals surface area contributed by atoms with Crippen LogP contribution in [0.15, 0.2) is 12.3 Å². The number of amides is 1. The lowest BCUT2D eigenvalue weighted by atomic mass is 9.92. The van der Waals surface area contributed by atoms with Crippen molar-refractivity contribution in [2.24, 2.45) is 11.8 Å². The number of piperidine rings is 1. The predicted molar refractivity (Wildman–Crippen MR) is 66.5 cm³/mol. The van der Waals surface area contributed by atoms with Crippen LogP contribution in [0.4, 0.5) is 0 Å². The van der Waals surface area contributed by atoms with Gasteiger partial charge in [0, 0.05) is 25.0 Å². The summed E-state index contributed by atoms with van der Waals surface area (Å²) in [5, 5.41) is 4.16. The van der Waals surface area contributed by atoms with Crippen molar-refractivity contribution in [2.75, 3.05) is 13.1 Å². The minimum Gasteiger partial charge on any atom is -0.341 e. The Morgan fingerprint density at radius 3 is 2.59 bits per heavy atom. The van der Waals surface area contributed by atoms with Crippen LogP contribution in [-0.2, 0) is 11.3 Å². The minimum absolute atomic E-state index is 0.190. The number of rotatable bonds is 2. The molecule has 4 nitrogen and oxygen atoms in total. The molecule has 2 rings (SSSR count). The van der Waals surface area contributed by atoms with Crippen molar-refractivity contribution in [3.8, 4) is 0 Å². The van der Waals surface area contributed by atoms with E-state index in [4.69, 9.17) is 0 Å². The molecule has 0 spiro atoms. The molecule has 0 saturated carbocycles. The lowest BCUT2D eigenvalue weighted by Gasteiger charge is -2.35. The Morgan fingerprint density at radius 2 is 2.06 bits per heavy atom. The third-order valence-corrected chi connectivity index (χ3v) is 3.44. The van der Waals surface area contributed by atoms with Crippen LogP contribution < -0.4 is 0 Å². The van der Waals surface area contributed by atoms with Crippen molar-refractivity contribution in [1.29, 1.82) is 0 Å². The molecule has 4 heteroatoms. The quantitative estimate of drug-likeness (QED) is 0.782. The van der Waals surface area contributed by atoms with E-state index in [-0.39, 0.29) is 5.91 Å². The van der Waals surface area contributed by atoms with Crippen LogP contribution in [0.1, 0.15) is 26.0 Å². The lowest BCUT2D eigenvalue weighted by Crippen LogP contribution is -2.44. The van der Waals surface area contributed by atoms with Crippen LogP contribution >= 0.6 is 0 Å². The molecule has 0 N–H and O–H groups in total. The van der Waals surface area contributed by atoms with E-state index in [1.807, 2.05) is 17.9 Å². The van der Waals surface area contributed by atoms with Gasteiger partial charge in [-0.15, -0.1) is 0 Å².